The Morgan fingerprint density at radius 3 is 2.63 bits per heavy atom. The molecule has 2 fully saturated rings. The van der Waals surface area contributed by atoms with Crippen molar-refractivity contribution >= 4 is 56.8 Å². The van der Waals surface area contributed by atoms with Crippen LogP contribution in [0.25, 0.3) is 33.4 Å². The molecular formula is C42H39N9O6. The highest BCUT2D eigenvalue weighted by atomic mass is 16.5. The van der Waals surface area contributed by atoms with Gasteiger partial charge in [-0.3, -0.25) is 33.8 Å². The molecule has 7 heterocycles. The molecular weight excluding hydrogens is 727 g/mol. The standard InChI is InChI=1S/C42H39N9O6/c1-48-33-20-27(21-34(38(33)49(2)42(48)55)50-15-17-56-18-16-50)51-14-4-6-31-35(51)23-45-39(46-31)26-8-10-32(44-22-26)41(54)43-13-3-5-25-7-11-36-29(19-25)30(24-57-36)28-9-12-37(52)47-40(28)53/h7-8,10-11,19-24,28H,4,6,9,12-18H2,1-2H3,(H,43,54)(H,47,52,53). The van der Waals surface area contributed by atoms with E-state index in [2.05, 4.69) is 49.4 Å². The number of nitrogens with zero attached hydrogens (tertiary/aromatic N) is 7. The third kappa shape index (κ3) is 6.67. The fourth-order valence-corrected chi connectivity index (χ4v) is 7.97. The fourth-order valence-electron chi connectivity index (χ4n) is 7.97. The fraction of sp³-hybridized carbons (Fsp3) is 0.310. The summed E-state index contributed by atoms with van der Waals surface area (Å²) in [7, 11) is 3.63. The van der Waals surface area contributed by atoms with Crippen molar-refractivity contribution in [2.45, 2.75) is 31.6 Å². The highest BCUT2D eigenvalue weighted by molar-refractivity contribution is 6.03. The van der Waals surface area contributed by atoms with E-state index < -0.39 is 5.92 Å². The maximum Gasteiger partial charge on any atom is 0.328 e. The van der Waals surface area contributed by atoms with Crippen LogP contribution in [0.5, 0.6) is 0 Å². The van der Waals surface area contributed by atoms with Crippen molar-refractivity contribution in [2.75, 3.05) is 49.2 Å². The SMILES string of the molecule is Cn1c(=O)n(C)c2c(N3CCOCC3)cc(N3CCCc4nc(-c5ccc(C(=O)NCC#Cc6ccc7occ(C8CCC(=O)NC8=O)c7c6)nc5)ncc43)cc21. The molecule has 9 rings (SSSR count). The largest absolute Gasteiger partial charge is 0.464 e. The number of ether oxygens (including phenoxy) is 1. The number of imidazole rings is 1. The number of imide groups is 1. The number of hydrogen-bond acceptors (Lipinski definition) is 11. The number of hydrogen-bond donors (Lipinski definition) is 2. The van der Waals surface area contributed by atoms with E-state index in [0.29, 0.717) is 42.2 Å². The summed E-state index contributed by atoms with van der Waals surface area (Å²) in [5.74, 6) is 5.12. The van der Waals surface area contributed by atoms with Gasteiger partial charge in [-0.1, -0.05) is 11.8 Å². The van der Waals surface area contributed by atoms with Gasteiger partial charge in [-0.2, -0.15) is 0 Å². The lowest BCUT2D eigenvalue weighted by Crippen LogP contribution is -2.39. The lowest BCUT2D eigenvalue weighted by Gasteiger charge is -2.33. The Morgan fingerprint density at radius 1 is 0.965 bits per heavy atom. The number of anilines is 3. The number of nitrogens with one attached hydrogen (secondary N) is 2. The molecule has 2 N–H and O–H groups in total. The van der Waals surface area contributed by atoms with Gasteiger partial charge in [-0.25, -0.2) is 14.8 Å². The second-order valence-corrected chi connectivity index (χ2v) is 14.4. The van der Waals surface area contributed by atoms with Gasteiger partial charge in [0.15, 0.2) is 5.82 Å². The first kappa shape index (κ1) is 35.9. The number of aryl methyl sites for hydroxylation is 3. The first-order valence-electron chi connectivity index (χ1n) is 19.0. The highest BCUT2D eigenvalue weighted by Crippen LogP contribution is 2.39. The summed E-state index contributed by atoms with van der Waals surface area (Å²) in [5, 5.41) is 5.96. The summed E-state index contributed by atoms with van der Waals surface area (Å²) in [6.45, 7) is 3.64. The van der Waals surface area contributed by atoms with Gasteiger partial charge in [0, 0.05) is 74.1 Å². The second kappa shape index (κ2) is 14.7. The molecule has 15 heteroatoms. The summed E-state index contributed by atoms with van der Waals surface area (Å²) in [6, 6.07) is 13.1. The number of benzene rings is 2. The molecule has 4 aromatic heterocycles. The van der Waals surface area contributed by atoms with Crippen molar-refractivity contribution in [3.05, 3.63) is 94.1 Å². The van der Waals surface area contributed by atoms with Crippen LogP contribution in [-0.4, -0.2) is 81.2 Å². The van der Waals surface area contributed by atoms with E-state index in [1.807, 2.05) is 32.4 Å². The van der Waals surface area contributed by atoms with Crippen LogP contribution in [0.2, 0.25) is 0 Å². The molecule has 288 valence electrons. The molecule has 0 spiro atoms. The number of rotatable bonds is 6. The van der Waals surface area contributed by atoms with Gasteiger partial charge in [0.25, 0.3) is 5.91 Å². The number of piperidine rings is 1. The first-order chi connectivity index (χ1) is 27.7. The normalized spacial score (nSPS) is 17.0. The molecule has 3 amide bonds. The average molecular weight is 766 g/mol. The molecule has 15 nitrogen and oxygen atoms in total. The van der Waals surface area contributed by atoms with Crippen LogP contribution in [0.15, 0.2) is 70.3 Å². The molecule has 6 aromatic rings. The van der Waals surface area contributed by atoms with Crippen LogP contribution >= 0.6 is 0 Å². The summed E-state index contributed by atoms with van der Waals surface area (Å²) in [6.07, 6.45) is 7.38. The number of fused-ring (bicyclic) bond motifs is 3. The zero-order valence-electron chi connectivity index (χ0n) is 31.5. The van der Waals surface area contributed by atoms with E-state index in [1.54, 1.807) is 39.8 Å². The van der Waals surface area contributed by atoms with Crippen LogP contribution in [0.4, 0.5) is 17.1 Å². The van der Waals surface area contributed by atoms with Crippen molar-refractivity contribution in [1.29, 1.82) is 0 Å². The van der Waals surface area contributed by atoms with Gasteiger partial charge >= 0.3 is 5.69 Å². The van der Waals surface area contributed by atoms with Gasteiger partial charge in [0.05, 0.1) is 66.2 Å². The van der Waals surface area contributed by atoms with E-state index in [4.69, 9.17) is 19.1 Å². The summed E-state index contributed by atoms with van der Waals surface area (Å²) < 4.78 is 14.7. The van der Waals surface area contributed by atoms with E-state index in [9.17, 15) is 19.2 Å². The number of carbonyl (C=O) groups excluding carboxylic acids is 3. The van der Waals surface area contributed by atoms with E-state index >= 15 is 0 Å². The number of furan rings is 1. The topological polar surface area (TPSA) is 170 Å². The van der Waals surface area contributed by atoms with Gasteiger partial charge in [0.1, 0.15) is 11.3 Å². The third-order valence-electron chi connectivity index (χ3n) is 11.0. The molecule has 2 aromatic carbocycles. The number of aromatic nitrogens is 5. The van der Waals surface area contributed by atoms with Crippen molar-refractivity contribution < 1.29 is 23.5 Å². The lowest BCUT2D eigenvalue weighted by molar-refractivity contribution is -0.134. The van der Waals surface area contributed by atoms with E-state index in [1.165, 1.54) is 0 Å². The average Bonchev–Trinajstić information content (AvgIpc) is 3.75. The smallest absolute Gasteiger partial charge is 0.328 e. The third-order valence-corrected chi connectivity index (χ3v) is 11.0. The van der Waals surface area contributed by atoms with Gasteiger partial charge < -0.3 is 24.3 Å². The Kier molecular flexibility index (Phi) is 9.25. The number of carbonyl (C=O) groups is 3. The summed E-state index contributed by atoms with van der Waals surface area (Å²) in [5.41, 5.74) is 8.48. The molecule has 3 aliphatic heterocycles. The Bertz CT molecular complexity index is 2710. The maximum atomic E-state index is 13.0. The molecule has 0 radical (unpaired) electrons. The molecule has 1 unspecified atom stereocenters. The van der Waals surface area contributed by atoms with Crippen LogP contribution in [-0.2, 0) is 34.8 Å². The molecule has 57 heavy (non-hydrogen) atoms. The Labute approximate surface area is 326 Å². The van der Waals surface area contributed by atoms with Gasteiger partial charge in [0.2, 0.25) is 11.8 Å². The van der Waals surface area contributed by atoms with Crippen molar-refractivity contribution in [3.8, 4) is 23.2 Å². The molecule has 0 bridgehead atoms. The number of morpholine rings is 1. The van der Waals surface area contributed by atoms with Gasteiger partial charge in [-0.05, 0) is 61.7 Å². The van der Waals surface area contributed by atoms with Gasteiger partial charge in [-0.15, -0.1) is 0 Å². The minimum absolute atomic E-state index is 0.0705. The van der Waals surface area contributed by atoms with Crippen LogP contribution < -0.4 is 26.1 Å². The summed E-state index contributed by atoms with van der Waals surface area (Å²) >= 11 is 0. The molecule has 3 aliphatic rings. The van der Waals surface area contributed by atoms with Crippen LogP contribution in [0, 0.1) is 11.8 Å². The zero-order valence-corrected chi connectivity index (χ0v) is 31.5. The first-order valence-corrected chi connectivity index (χ1v) is 19.0. The van der Waals surface area contributed by atoms with Crippen molar-refractivity contribution in [2.24, 2.45) is 14.1 Å². The van der Waals surface area contributed by atoms with Crippen molar-refractivity contribution in [3.63, 3.8) is 0 Å². The minimum Gasteiger partial charge on any atom is -0.464 e. The lowest BCUT2D eigenvalue weighted by atomic mass is 9.90. The van der Waals surface area contributed by atoms with Crippen LogP contribution in [0.3, 0.4) is 0 Å². The quantitative estimate of drug-likeness (QED) is 0.187. The monoisotopic (exact) mass is 765 g/mol. The molecule has 0 saturated carbocycles. The Balaban J connectivity index is 0.886. The zero-order chi connectivity index (χ0) is 39.2. The van der Waals surface area contributed by atoms with Crippen molar-refractivity contribution in [1.82, 2.24) is 34.7 Å². The van der Waals surface area contributed by atoms with Crippen LogP contribution in [0.1, 0.15) is 52.5 Å². The molecule has 1 atom stereocenters. The minimum atomic E-state index is -0.468. The molecule has 2 saturated heterocycles. The summed E-state index contributed by atoms with van der Waals surface area (Å²) in [4.78, 5) is 68.6. The predicted octanol–water partition coefficient (Wildman–Crippen LogP) is 3.70. The number of pyridine rings is 1. The number of amides is 3. The highest BCUT2D eigenvalue weighted by Gasteiger charge is 2.31. The Morgan fingerprint density at radius 2 is 1.82 bits per heavy atom. The van der Waals surface area contributed by atoms with E-state index in [0.717, 1.165) is 77.2 Å². The molecule has 0 aliphatic carbocycles. The Hall–Kier alpha value is -6.79. The second-order valence-electron chi connectivity index (χ2n) is 14.4. The maximum absolute atomic E-state index is 13.0. The van der Waals surface area contributed by atoms with E-state index in [-0.39, 0.29) is 42.1 Å². The predicted molar refractivity (Wildman–Crippen MR) is 212 cm³/mol.